The van der Waals surface area contributed by atoms with Crippen LogP contribution in [0.4, 0.5) is 4.79 Å². The van der Waals surface area contributed by atoms with Gasteiger partial charge < -0.3 is 4.74 Å². The second kappa shape index (κ2) is 11.8. The van der Waals surface area contributed by atoms with Crippen LogP contribution in [0.3, 0.4) is 0 Å². The Kier molecular flexibility index (Phi) is 9.71. The lowest BCUT2D eigenvalue weighted by Gasteiger charge is -2.28. The summed E-state index contributed by atoms with van der Waals surface area (Å²) in [5.41, 5.74) is 1.52. The molecule has 2 aromatic rings. The van der Waals surface area contributed by atoms with Crippen LogP contribution in [-0.2, 0) is 25.6 Å². The molecule has 0 unspecified atom stereocenters. The van der Waals surface area contributed by atoms with E-state index < -0.39 is 21.8 Å². The SMILES string of the molecule is Cc1ccc(S(=O)(=O)ON(CCCC(C)(C)CCCc2ccccc2)C(=O)OC(C)(C)C)cc1. The van der Waals surface area contributed by atoms with E-state index in [1.807, 2.05) is 13.0 Å². The molecule has 6 nitrogen and oxygen atoms in total. The van der Waals surface area contributed by atoms with E-state index in [9.17, 15) is 13.2 Å². The van der Waals surface area contributed by atoms with Gasteiger partial charge in [0, 0.05) is 0 Å². The number of hydrogen-bond acceptors (Lipinski definition) is 5. The standard InChI is InChI=1S/C27H39NO5S/c1-22-15-17-24(18-16-22)34(30,31)33-28(25(29)32-26(2,3)4)21-11-20-27(5,6)19-10-14-23-12-8-7-9-13-23/h7-9,12-13,15-18H,10-11,14,19-21H2,1-6H3. The van der Waals surface area contributed by atoms with Gasteiger partial charge in [0.1, 0.15) is 5.60 Å². The van der Waals surface area contributed by atoms with Gasteiger partial charge in [-0.25, -0.2) is 4.79 Å². The molecule has 0 saturated carbocycles. The van der Waals surface area contributed by atoms with E-state index in [2.05, 4.69) is 38.1 Å². The molecule has 188 valence electrons. The molecule has 2 rings (SSSR count). The van der Waals surface area contributed by atoms with E-state index in [0.29, 0.717) is 6.42 Å². The molecule has 0 aliphatic carbocycles. The first-order valence-electron chi connectivity index (χ1n) is 11.8. The van der Waals surface area contributed by atoms with Crippen LogP contribution < -0.4 is 0 Å². The fraction of sp³-hybridized carbons (Fsp3) is 0.519. The highest BCUT2D eigenvalue weighted by atomic mass is 32.2. The summed E-state index contributed by atoms with van der Waals surface area (Å²) >= 11 is 0. The van der Waals surface area contributed by atoms with Crippen molar-refractivity contribution in [3.8, 4) is 0 Å². The number of carbonyl (C=O) groups is 1. The molecule has 0 atom stereocenters. The number of hydrogen-bond donors (Lipinski definition) is 0. The zero-order chi connectivity index (χ0) is 25.4. The normalized spacial score (nSPS) is 12.4. The lowest BCUT2D eigenvalue weighted by Crippen LogP contribution is -2.39. The van der Waals surface area contributed by atoms with Crippen molar-refractivity contribution in [2.45, 2.75) is 84.1 Å². The smallest absolute Gasteiger partial charge is 0.435 e. The topological polar surface area (TPSA) is 72.9 Å². The molecule has 1 amide bonds. The van der Waals surface area contributed by atoms with E-state index in [0.717, 1.165) is 36.3 Å². The Morgan fingerprint density at radius 3 is 2.06 bits per heavy atom. The van der Waals surface area contributed by atoms with Gasteiger partial charge in [0.15, 0.2) is 0 Å². The molecule has 0 radical (unpaired) electrons. The molecule has 0 N–H and O–H groups in total. The first kappa shape index (κ1) is 27.9. The van der Waals surface area contributed by atoms with Crippen molar-refractivity contribution < 1.29 is 22.2 Å². The predicted molar refractivity (Wildman–Crippen MR) is 135 cm³/mol. The average Bonchev–Trinajstić information content (AvgIpc) is 2.72. The van der Waals surface area contributed by atoms with Crippen molar-refractivity contribution >= 4 is 16.2 Å². The zero-order valence-corrected chi connectivity index (χ0v) is 22.2. The van der Waals surface area contributed by atoms with Gasteiger partial charge in [-0.05, 0) is 82.9 Å². The first-order valence-corrected chi connectivity index (χ1v) is 13.2. The van der Waals surface area contributed by atoms with Crippen LogP contribution in [0, 0.1) is 12.3 Å². The Balaban J connectivity index is 1.99. The maximum atomic E-state index is 12.8. The molecule has 34 heavy (non-hydrogen) atoms. The third-order valence-electron chi connectivity index (χ3n) is 5.47. The summed E-state index contributed by atoms with van der Waals surface area (Å²) in [7, 11) is -4.16. The maximum absolute atomic E-state index is 12.8. The maximum Gasteiger partial charge on any atom is 0.435 e. The van der Waals surface area contributed by atoms with E-state index in [1.165, 1.54) is 17.7 Å². The van der Waals surface area contributed by atoms with Gasteiger partial charge in [-0.1, -0.05) is 61.9 Å². The Morgan fingerprint density at radius 2 is 1.47 bits per heavy atom. The van der Waals surface area contributed by atoms with Crippen molar-refractivity contribution in [3.05, 3.63) is 65.7 Å². The molecule has 7 heteroatoms. The molecule has 0 saturated heterocycles. The molecular weight excluding hydrogens is 450 g/mol. The molecule has 2 aromatic carbocycles. The summed E-state index contributed by atoms with van der Waals surface area (Å²) in [5, 5.41) is 0.834. The minimum Gasteiger partial charge on any atom is -0.442 e. The zero-order valence-electron chi connectivity index (χ0n) is 21.3. The fourth-order valence-corrected chi connectivity index (χ4v) is 4.51. The number of amides is 1. The third kappa shape index (κ3) is 9.85. The van der Waals surface area contributed by atoms with Crippen molar-refractivity contribution in [2.75, 3.05) is 6.54 Å². The largest absolute Gasteiger partial charge is 0.442 e. The van der Waals surface area contributed by atoms with Gasteiger partial charge in [0.25, 0.3) is 0 Å². The third-order valence-corrected chi connectivity index (χ3v) is 6.70. The van der Waals surface area contributed by atoms with Gasteiger partial charge >= 0.3 is 16.2 Å². The van der Waals surface area contributed by atoms with Crippen LogP contribution in [0.25, 0.3) is 0 Å². The summed E-state index contributed by atoms with van der Waals surface area (Å²) < 4.78 is 36.2. The second-order valence-corrected chi connectivity index (χ2v) is 12.1. The molecule has 0 bridgehead atoms. The minimum absolute atomic E-state index is 0.00657. The van der Waals surface area contributed by atoms with Crippen molar-refractivity contribution in [2.24, 2.45) is 5.41 Å². The van der Waals surface area contributed by atoms with E-state index >= 15 is 0 Å². The van der Waals surface area contributed by atoms with Crippen LogP contribution in [0.1, 0.15) is 71.4 Å². The fourth-order valence-electron chi connectivity index (χ4n) is 3.58. The number of rotatable bonds is 11. The monoisotopic (exact) mass is 489 g/mol. The first-order chi connectivity index (χ1) is 15.8. The Hall–Kier alpha value is -2.38. The highest BCUT2D eigenvalue weighted by Gasteiger charge is 2.29. The van der Waals surface area contributed by atoms with E-state index in [-0.39, 0.29) is 16.9 Å². The van der Waals surface area contributed by atoms with Crippen molar-refractivity contribution in [1.29, 1.82) is 0 Å². The Morgan fingerprint density at radius 1 is 0.882 bits per heavy atom. The Bertz CT molecular complexity index is 1010. The second-order valence-electron chi connectivity index (χ2n) is 10.5. The number of benzene rings is 2. The number of ether oxygens (including phenoxy) is 1. The van der Waals surface area contributed by atoms with Gasteiger partial charge in [-0.15, -0.1) is 4.28 Å². The van der Waals surface area contributed by atoms with Crippen LogP contribution in [0.5, 0.6) is 0 Å². The van der Waals surface area contributed by atoms with Crippen LogP contribution in [0.15, 0.2) is 59.5 Å². The lowest BCUT2D eigenvalue weighted by molar-refractivity contribution is -0.0700. The van der Waals surface area contributed by atoms with E-state index in [1.54, 1.807) is 32.9 Å². The summed E-state index contributed by atoms with van der Waals surface area (Å²) in [6.45, 7) is 11.6. The highest BCUT2D eigenvalue weighted by molar-refractivity contribution is 7.86. The lowest BCUT2D eigenvalue weighted by atomic mass is 9.82. The molecule has 0 spiro atoms. The number of hydroxylamine groups is 2. The number of aryl methyl sites for hydroxylation is 2. The van der Waals surface area contributed by atoms with Gasteiger partial charge in [0.2, 0.25) is 0 Å². The average molecular weight is 490 g/mol. The molecular formula is C27H39NO5S. The van der Waals surface area contributed by atoms with Gasteiger partial charge in [-0.2, -0.15) is 13.5 Å². The van der Waals surface area contributed by atoms with Crippen molar-refractivity contribution in [1.82, 2.24) is 5.06 Å². The summed E-state index contributed by atoms with van der Waals surface area (Å²) in [5.74, 6) is 0. The van der Waals surface area contributed by atoms with Crippen LogP contribution >= 0.6 is 0 Å². The quantitative estimate of drug-likeness (QED) is 0.329. The molecule has 0 aliphatic rings. The van der Waals surface area contributed by atoms with E-state index in [4.69, 9.17) is 9.02 Å². The van der Waals surface area contributed by atoms with Crippen LogP contribution in [0.2, 0.25) is 0 Å². The predicted octanol–water partition coefficient (Wildman–Crippen LogP) is 6.68. The van der Waals surface area contributed by atoms with Gasteiger partial charge in [-0.3, -0.25) is 0 Å². The van der Waals surface area contributed by atoms with Crippen LogP contribution in [-0.4, -0.2) is 31.7 Å². The molecule has 0 aromatic heterocycles. The summed E-state index contributed by atoms with van der Waals surface area (Å²) in [4.78, 5) is 12.7. The summed E-state index contributed by atoms with van der Waals surface area (Å²) in [6.07, 6.45) is 3.69. The van der Waals surface area contributed by atoms with Gasteiger partial charge in [0.05, 0.1) is 11.4 Å². The highest BCUT2D eigenvalue weighted by Crippen LogP contribution is 2.29. The minimum atomic E-state index is -4.16. The molecule has 0 heterocycles. The molecule has 0 fully saturated rings. The van der Waals surface area contributed by atoms with Crippen molar-refractivity contribution in [3.63, 3.8) is 0 Å². The summed E-state index contributed by atoms with van der Waals surface area (Å²) in [6, 6.07) is 16.7. The number of nitrogens with zero attached hydrogens (tertiary/aromatic N) is 1. The molecule has 0 aliphatic heterocycles. The Labute approximate surface area is 205 Å². The number of carbonyl (C=O) groups excluding carboxylic acids is 1.